The maximum Gasteiger partial charge on any atom is 0.253 e. The van der Waals surface area contributed by atoms with Crippen molar-refractivity contribution in [3.8, 4) is 16.9 Å². The number of halogens is 1. The zero-order valence-electron chi connectivity index (χ0n) is 16.7. The maximum absolute atomic E-state index is 14.3. The number of piperidine rings is 1. The number of nitrogens with two attached hydrogens (primary N) is 1. The van der Waals surface area contributed by atoms with Gasteiger partial charge in [0.1, 0.15) is 11.6 Å². The quantitative estimate of drug-likeness (QED) is 0.712. The fraction of sp³-hybridized carbons (Fsp3) is 0.250. The van der Waals surface area contributed by atoms with Gasteiger partial charge in [0.25, 0.3) is 5.91 Å². The number of hydrogen-bond donors (Lipinski definition) is 1. The van der Waals surface area contributed by atoms with Gasteiger partial charge in [0.2, 0.25) is 5.91 Å². The molecule has 4 rings (SSSR count). The minimum atomic E-state index is -0.318. The number of likely N-dealkylation sites (tertiary alicyclic amines) is 1. The molecule has 2 amide bonds. The molecule has 30 heavy (non-hydrogen) atoms. The molecule has 0 saturated carbocycles. The number of carbonyl (C=O) groups is 2. The lowest BCUT2D eigenvalue weighted by atomic mass is 9.95. The molecule has 6 heteroatoms. The molecular formula is C24H23FN2O3. The molecule has 2 N–H and O–H groups in total. The van der Waals surface area contributed by atoms with Gasteiger partial charge in [-0.1, -0.05) is 18.2 Å². The normalized spacial score (nSPS) is 14.7. The fourth-order valence-electron chi connectivity index (χ4n) is 3.95. The Morgan fingerprint density at radius 3 is 2.40 bits per heavy atom. The number of ether oxygens (including phenoxy) is 1. The standard InChI is InChI=1S/C24H23FN2O3/c1-30-20-6-7-22(25)21(14-20)18-4-2-17-13-19(5-3-16(17)12-18)24(29)27-10-8-15(9-11-27)23(26)28/h2-7,12-15H,8-11H2,1H3,(H2,26,28). The summed E-state index contributed by atoms with van der Waals surface area (Å²) in [6.45, 7) is 1.05. The van der Waals surface area contributed by atoms with E-state index in [4.69, 9.17) is 10.5 Å². The Morgan fingerprint density at radius 1 is 1.00 bits per heavy atom. The van der Waals surface area contributed by atoms with Crippen molar-refractivity contribution in [3.05, 3.63) is 66.0 Å². The third kappa shape index (κ3) is 3.85. The van der Waals surface area contributed by atoms with Crippen LogP contribution in [0.2, 0.25) is 0 Å². The van der Waals surface area contributed by atoms with Crippen LogP contribution >= 0.6 is 0 Å². The molecule has 0 spiro atoms. The molecular weight excluding hydrogens is 383 g/mol. The third-order valence-electron chi connectivity index (χ3n) is 5.76. The topological polar surface area (TPSA) is 72.6 Å². The predicted octanol–water partition coefficient (Wildman–Crippen LogP) is 3.99. The average Bonchev–Trinajstić information content (AvgIpc) is 2.78. The summed E-state index contributed by atoms with van der Waals surface area (Å²) in [5.74, 6) is -0.228. The molecule has 5 nitrogen and oxygen atoms in total. The van der Waals surface area contributed by atoms with Crippen molar-refractivity contribution in [2.75, 3.05) is 20.2 Å². The van der Waals surface area contributed by atoms with Crippen LogP contribution in [-0.2, 0) is 4.79 Å². The number of methoxy groups -OCH3 is 1. The van der Waals surface area contributed by atoms with Crippen molar-refractivity contribution >= 4 is 22.6 Å². The second-order valence-electron chi connectivity index (χ2n) is 7.59. The summed E-state index contributed by atoms with van der Waals surface area (Å²) in [6.07, 6.45) is 1.20. The Hall–Kier alpha value is -3.41. The lowest BCUT2D eigenvalue weighted by molar-refractivity contribution is -0.123. The van der Waals surface area contributed by atoms with Crippen LogP contribution < -0.4 is 10.5 Å². The summed E-state index contributed by atoms with van der Waals surface area (Å²) in [5.41, 5.74) is 7.18. The number of nitrogens with zero attached hydrogens (tertiary/aromatic N) is 1. The Bertz CT molecular complexity index is 1120. The van der Waals surface area contributed by atoms with E-state index >= 15 is 0 Å². The van der Waals surface area contributed by atoms with Crippen LogP contribution in [0.4, 0.5) is 4.39 Å². The van der Waals surface area contributed by atoms with Crippen LogP contribution in [0.15, 0.2) is 54.6 Å². The number of carbonyl (C=O) groups excluding carboxylic acids is 2. The van der Waals surface area contributed by atoms with Crippen LogP contribution in [0.3, 0.4) is 0 Å². The highest BCUT2D eigenvalue weighted by molar-refractivity contribution is 5.99. The van der Waals surface area contributed by atoms with Gasteiger partial charge in [0, 0.05) is 30.1 Å². The van der Waals surface area contributed by atoms with Crippen molar-refractivity contribution in [1.82, 2.24) is 4.90 Å². The van der Waals surface area contributed by atoms with Crippen molar-refractivity contribution in [1.29, 1.82) is 0 Å². The van der Waals surface area contributed by atoms with E-state index in [1.54, 1.807) is 30.2 Å². The van der Waals surface area contributed by atoms with Crippen LogP contribution in [0.25, 0.3) is 21.9 Å². The highest BCUT2D eigenvalue weighted by Crippen LogP contribution is 2.30. The number of benzene rings is 3. The van der Waals surface area contributed by atoms with E-state index in [9.17, 15) is 14.0 Å². The summed E-state index contributed by atoms with van der Waals surface area (Å²) in [6, 6.07) is 15.8. The zero-order valence-corrected chi connectivity index (χ0v) is 16.7. The minimum Gasteiger partial charge on any atom is -0.497 e. The van der Waals surface area contributed by atoms with E-state index in [0.717, 1.165) is 16.3 Å². The Labute approximate surface area is 174 Å². The molecule has 3 aromatic carbocycles. The fourth-order valence-corrected chi connectivity index (χ4v) is 3.95. The Morgan fingerprint density at radius 2 is 1.70 bits per heavy atom. The smallest absolute Gasteiger partial charge is 0.253 e. The highest BCUT2D eigenvalue weighted by atomic mass is 19.1. The first-order valence-electron chi connectivity index (χ1n) is 9.92. The minimum absolute atomic E-state index is 0.0530. The number of fused-ring (bicyclic) bond motifs is 1. The first kappa shape index (κ1) is 19.9. The van der Waals surface area contributed by atoms with Gasteiger partial charge in [-0.25, -0.2) is 4.39 Å². The first-order chi connectivity index (χ1) is 14.5. The SMILES string of the molecule is COc1ccc(F)c(-c2ccc3cc(C(=O)N4CCC(C(N)=O)CC4)ccc3c2)c1. The van der Waals surface area contributed by atoms with Crippen LogP contribution in [0, 0.1) is 11.7 Å². The lowest BCUT2D eigenvalue weighted by Crippen LogP contribution is -2.41. The van der Waals surface area contributed by atoms with Crippen molar-refractivity contribution < 1.29 is 18.7 Å². The largest absolute Gasteiger partial charge is 0.497 e. The Kier molecular flexibility index (Phi) is 5.40. The van der Waals surface area contributed by atoms with E-state index in [0.29, 0.717) is 42.8 Å². The van der Waals surface area contributed by atoms with Gasteiger partial charge in [-0.3, -0.25) is 9.59 Å². The number of rotatable bonds is 4. The third-order valence-corrected chi connectivity index (χ3v) is 5.76. The van der Waals surface area contributed by atoms with Gasteiger partial charge in [-0.05, 0) is 65.6 Å². The summed E-state index contributed by atoms with van der Waals surface area (Å²) in [5, 5.41) is 1.82. The Balaban J connectivity index is 1.58. The predicted molar refractivity (Wildman–Crippen MR) is 114 cm³/mol. The van der Waals surface area contributed by atoms with Crippen LogP contribution in [0.5, 0.6) is 5.75 Å². The average molecular weight is 406 g/mol. The molecule has 3 aromatic rings. The van der Waals surface area contributed by atoms with Crippen LogP contribution in [0.1, 0.15) is 23.2 Å². The molecule has 1 aliphatic rings. The van der Waals surface area contributed by atoms with Gasteiger partial charge in [-0.2, -0.15) is 0 Å². The molecule has 1 aliphatic heterocycles. The number of hydrogen-bond acceptors (Lipinski definition) is 3. The lowest BCUT2D eigenvalue weighted by Gasteiger charge is -2.30. The summed E-state index contributed by atoms with van der Waals surface area (Å²) in [7, 11) is 1.55. The van der Waals surface area contributed by atoms with Gasteiger partial charge in [-0.15, -0.1) is 0 Å². The molecule has 1 heterocycles. The van der Waals surface area contributed by atoms with E-state index in [1.807, 2.05) is 30.3 Å². The van der Waals surface area contributed by atoms with Crippen molar-refractivity contribution in [3.63, 3.8) is 0 Å². The van der Waals surface area contributed by atoms with Gasteiger partial charge >= 0.3 is 0 Å². The number of primary amides is 1. The maximum atomic E-state index is 14.3. The molecule has 0 aliphatic carbocycles. The summed E-state index contributed by atoms with van der Waals surface area (Å²) in [4.78, 5) is 26.0. The van der Waals surface area contributed by atoms with Gasteiger partial charge in [0.05, 0.1) is 7.11 Å². The van der Waals surface area contributed by atoms with Crippen molar-refractivity contribution in [2.24, 2.45) is 11.7 Å². The zero-order chi connectivity index (χ0) is 21.3. The molecule has 0 radical (unpaired) electrons. The first-order valence-corrected chi connectivity index (χ1v) is 9.92. The molecule has 1 fully saturated rings. The molecule has 0 bridgehead atoms. The van der Waals surface area contributed by atoms with Gasteiger partial charge in [0.15, 0.2) is 0 Å². The van der Waals surface area contributed by atoms with Gasteiger partial charge < -0.3 is 15.4 Å². The number of amides is 2. The molecule has 0 unspecified atom stereocenters. The molecule has 0 aromatic heterocycles. The summed E-state index contributed by atoms with van der Waals surface area (Å²) < 4.78 is 19.5. The molecule has 154 valence electrons. The highest BCUT2D eigenvalue weighted by Gasteiger charge is 2.26. The van der Waals surface area contributed by atoms with Crippen LogP contribution in [-0.4, -0.2) is 36.9 Å². The van der Waals surface area contributed by atoms with E-state index < -0.39 is 0 Å². The van der Waals surface area contributed by atoms with E-state index in [1.165, 1.54) is 6.07 Å². The van der Waals surface area contributed by atoms with Crippen molar-refractivity contribution in [2.45, 2.75) is 12.8 Å². The monoisotopic (exact) mass is 406 g/mol. The molecule has 0 atom stereocenters. The van der Waals surface area contributed by atoms with E-state index in [2.05, 4.69) is 0 Å². The second kappa shape index (κ2) is 8.14. The molecule has 1 saturated heterocycles. The summed E-state index contributed by atoms with van der Waals surface area (Å²) >= 11 is 0. The van der Waals surface area contributed by atoms with E-state index in [-0.39, 0.29) is 23.5 Å². The second-order valence-corrected chi connectivity index (χ2v) is 7.59.